The Balaban J connectivity index is 1.47. The van der Waals surface area contributed by atoms with E-state index in [1.165, 1.54) is 0 Å². The second kappa shape index (κ2) is 7.84. The first-order valence-corrected chi connectivity index (χ1v) is 8.91. The Hall–Kier alpha value is -3.80. The van der Waals surface area contributed by atoms with Gasteiger partial charge in [-0.2, -0.15) is 0 Å². The van der Waals surface area contributed by atoms with Gasteiger partial charge < -0.3 is 9.73 Å². The van der Waals surface area contributed by atoms with E-state index in [0.717, 1.165) is 16.7 Å². The maximum absolute atomic E-state index is 12.5. The van der Waals surface area contributed by atoms with Gasteiger partial charge in [0, 0.05) is 29.1 Å². The van der Waals surface area contributed by atoms with Crippen LogP contribution in [0.15, 0.2) is 83.5 Å². The molecule has 4 rings (SSSR count). The van der Waals surface area contributed by atoms with E-state index in [4.69, 9.17) is 4.42 Å². The number of nitrogens with zero attached hydrogens (tertiary/aromatic N) is 3. The van der Waals surface area contributed by atoms with Crippen molar-refractivity contribution in [3.8, 4) is 22.9 Å². The summed E-state index contributed by atoms with van der Waals surface area (Å²) in [5.41, 5.74) is 3.18. The molecule has 2 aromatic heterocycles. The van der Waals surface area contributed by atoms with Gasteiger partial charge in [-0.05, 0) is 61.0 Å². The minimum Gasteiger partial charge on any atom is -0.416 e. The van der Waals surface area contributed by atoms with Crippen molar-refractivity contribution in [2.45, 2.75) is 13.0 Å². The minimum absolute atomic E-state index is 0.112. The first kappa shape index (κ1) is 17.6. The molecule has 0 radical (unpaired) electrons. The molecule has 6 nitrogen and oxygen atoms in total. The Labute approximate surface area is 162 Å². The highest BCUT2D eigenvalue weighted by Crippen LogP contribution is 2.24. The van der Waals surface area contributed by atoms with E-state index in [9.17, 15) is 4.79 Å². The molecule has 28 heavy (non-hydrogen) atoms. The number of pyridine rings is 1. The van der Waals surface area contributed by atoms with Crippen LogP contribution in [0.1, 0.15) is 28.9 Å². The summed E-state index contributed by atoms with van der Waals surface area (Å²) in [5, 5.41) is 11.2. The highest BCUT2D eigenvalue weighted by molar-refractivity contribution is 5.94. The Morgan fingerprint density at radius 2 is 1.46 bits per heavy atom. The number of rotatable bonds is 5. The average Bonchev–Trinajstić information content (AvgIpc) is 3.25. The normalized spacial score (nSPS) is 11.8. The zero-order chi connectivity index (χ0) is 19.3. The smallest absolute Gasteiger partial charge is 0.251 e. The summed E-state index contributed by atoms with van der Waals surface area (Å²) in [6.07, 6.45) is 3.42. The molecule has 0 bridgehead atoms. The molecule has 0 aliphatic heterocycles. The van der Waals surface area contributed by atoms with Crippen molar-refractivity contribution in [1.82, 2.24) is 20.5 Å². The summed E-state index contributed by atoms with van der Waals surface area (Å²) in [6, 6.07) is 20.3. The number of hydrogen-bond acceptors (Lipinski definition) is 5. The Morgan fingerprint density at radius 3 is 2.11 bits per heavy atom. The van der Waals surface area contributed by atoms with Crippen LogP contribution in [0.3, 0.4) is 0 Å². The Bertz CT molecular complexity index is 1060. The van der Waals surface area contributed by atoms with E-state index in [1.807, 2.05) is 49.4 Å². The highest BCUT2D eigenvalue weighted by atomic mass is 16.4. The molecule has 0 aliphatic rings. The lowest BCUT2D eigenvalue weighted by molar-refractivity contribution is 0.0940. The van der Waals surface area contributed by atoms with Gasteiger partial charge in [-0.1, -0.05) is 18.2 Å². The predicted molar refractivity (Wildman–Crippen MR) is 105 cm³/mol. The van der Waals surface area contributed by atoms with Crippen LogP contribution in [0.25, 0.3) is 22.9 Å². The average molecular weight is 370 g/mol. The number of aromatic nitrogens is 3. The number of carbonyl (C=O) groups is 1. The molecular weight excluding hydrogens is 352 g/mol. The van der Waals surface area contributed by atoms with E-state index in [-0.39, 0.29) is 11.9 Å². The fraction of sp³-hybridized carbons (Fsp3) is 0.0909. The maximum Gasteiger partial charge on any atom is 0.251 e. The quantitative estimate of drug-likeness (QED) is 0.567. The molecule has 1 N–H and O–H groups in total. The van der Waals surface area contributed by atoms with E-state index in [1.54, 1.807) is 36.7 Å². The van der Waals surface area contributed by atoms with Gasteiger partial charge in [-0.3, -0.25) is 9.78 Å². The third kappa shape index (κ3) is 3.81. The zero-order valence-electron chi connectivity index (χ0n) is 15.2. The summed E-state index contributed by atoms with van der Waals surface area (Å²) < 4.78 is 5.75. The lowest BCUT2D eigenvalue weighted by atomic mass is 10.1. The van der Waals surface area contributed by atoms with Gasteiger partial charge in [0.25, 0.3) is 5.91 Å². The van der Waals surface area contributed by atoms with Crippen LogP contribution in [0.2, 0.25) is 0 Å². The molecule has 1 amide bonds. The van der Waals surface area contributed by atoms with Gasteiger partial charge in [-0.15, -0.1) is 10.2 Å². The fourth-order valence-corrected chi connectivity index (χ4v) is 2.82. The van der Waals surface area contributed by atoms with Gasteiger partial charge in [0.15, 0.2) is 0 Å². The molecular formula is C22H18N4O2. The van der Waals surface area contributed by atoms with Crippen LogP contribution in [-0.4, -0.2) is 21.1 Å². The first-order chi connectivity index (χ1) is 13.7. The second-order valence-corrected chi connectivity index (χ2v) is 6.33. The molecule has 0 saturated carbocycles. The molecule has 4 aromatic rings. The monoisotopic (exact) mass is 370 g/mol. The summed E-state index contributed by atoms with van der Waals surface area (Å²) in [4.78, 5) is 16.5. The summed E-state index contributed by atoms with van der Waals surface area (Å²) in [5.74, 6) is 0.728. The van der Waals surface area contributed by atoms with Crippen LogP contribution in [0, 0.1) is 0 Å². The van der Waals surface area contributed by atoms with Crippen molar-refractivity contribution >= 4 is 5.91 Å². The van der Waals surface area contributed by atoms with E-state index in [2.05, 4.69) is 20.5 Å². The van der Waals surface area contributed by atoms with E-state index < -0.39 is 0 Å². The highest BCUT2D eigenvalue weighted by Gasteiger charge is 2.13. The second-order valence-electron chi connectivity index (χ2n) is 6.33. The van der Waals surface area contributed by atoms with Crippen molar-refractivity contribution < 1.29 is 9.21 Å². The molecule has 0 aliphatic carbocycles. The maximum atomic E-state index is 12.5. The largest absolute Gasteiger partial charge is 0.416 e. The van der Waals surface area contributed by atoms with Crippen LogP contribution < -0.4 is 5.32 Å². The van der Waals surface area contributed by atoms with Crippen molar-refractivity contribution in [3.63, 3.8) is 0 Å². The molecule has 0 spiro atoms. The molecule has 0 fully saturated rings. The van der Waals surface area contributed by atoms with E-state index in [0.29, 0.717) is 17.3 Å². The van der Waals surface area contributed by atoms with Gasteiger partial charge in [0.05, 0.1) is 6.04 Å². The molecule has 2 aromatic carbocycles. The van der Waals surface area contributed by atoms with Crippen molar-refractivity contribution in [1.29, 1.82) is 0 Å². The van der Waals surface area contributed by atoms with Crippen molar-refractivity contribution in [3.05, 3.63) is 90.3 Å². The molecule has 6 heteroatoms. The van der Waals surface area contributed by atoms with Crippen LogP contribution >= 0.6 is 0 Å². The van der Waals surface area contributed by atoms with Crippen molar-refractivity contribution in [2.75, 3.05) is 0 Å². The molecule has 2 heterocycles. The first-order valence-electron chi connectivity index (χ1n) is 8.91. The number of benzene rings is 2. The van der Waals surface area contributed by atoms with Crippen LogP contribution in [-0.2, 0) is 0 Å². The standard InChI is InChI=1S/C22H18N4O2/c1-15(16-11-13-23-14-12-16)24-20(27)17-7-9-19(10-8-17)22-26-25-21(28-22)18-5-3-2-4-6-18/h2-15H,1H3,(H,24,27)/t15-/m1/s1. The Kier molecular flexibility index (Phi) is 4.93. The number of nitrogens with one attached hydrogen (secondary N) is 1. The Morgan fingerprint density at radius 1 is 0.857 bits per heavy atom. The fourth-order valence-electron chi connectivity index (χ4n) is 2.82. The molecule has 138 valence electrons. The number of amides is 1. The SMILES string of the molecule is C[C@@H](NC(=O)c1ccc(-c2nnc(-c3ccccc3)o2)cc1)c1ccncc1. The predicted octanol–water partition coefficient (Wildman–Crippen LogP) is 4.29. The topological polar surface area (TPSA) is 80.9 Å². The number of hydrogen-bond donors (Lipinski definition) is 1. The van der Waals surface area contributed by atoms with E-state index >= 15 is 0 Å². The lowest BCUT2D eigenvalue weighted by Crippen LogP contribution is -2.26. The minimum atomic E-state index is -0.147. The van der Waals surface area contributed by atoms with Gasteiger partial charge in [0.2, 0.25) is 11.8 Å². The molecule has 0 unspecified atom stereocenters. The summed E-state index contributed by atoms with van der Waals surface area (Å²) in [7, 11) is 0. The third-order valence-corrected chi connectivity index (χ3v) is 4.39. The lowest BCUT2D eigenvalue weighted by Gasteiger charge is -2.14. The van der Waals surface area contributed by atoms with Gasteiger partial charge in [0.1, 0.15) is 0 Å². The summed E-state index contributed by atoms with van der Waals surface area (Å²) >= 11 is 0. The van der Waals surface area contributed by atoms with Crippen LogP contribution in [0.4, 0.5) is 0 Å². The van der Waals surface area contributed by atoms with Crippen LogP contribution in [0.5, 0.6) is 0 Å². The third-order valence-electron chi connectivity index (χ3n) is 4.39. The van der Waals surface area contributed by atoms with Crippen molar-refractivity contribution in [2.24, 2.45) is 0 Å². The van der Waals surface area contributed by atoms with Gasteiger partial charge in [-0.25, -0.2) is 0 Å². The zero-order valence-corrected chi connectivity index (χ0v) is 15.2. The number of carbonyl (C=O) groups excluding carboxylic acids is 1. The summed E-state index contributed by atoms with van der Waals surface area (Å²) in [6.45, 7) is 1.94. The molecule has 0 saturated heterocycles. The molecule has 1 atom stereocenters. The van der Waals surface area contributed by atoms with Gasteiger partial charge >= 0.3 is 0 Å².